The fourth-order valence-electron chi connectivity index (χ4n) is 3.67. The summed E-state index contributed by atoms with van der Waals surface area (Å²) in [5.74, 6) is 0.770. The lowest BCUT2D eigenvalue weighted by molar-refractivity contribution is 0.0608. The van der Waals surface area contributed by atoms with Gasteiger partial charge in [-0.05, 0) is 48.6 Å². The molecule has 2 heterocycles. The quantitative estimate of drug-likeness (QED) is 0.890. The van der Waals surface area contributed by atoms with Gasteiger partial charge in [-0.15, -0.1) is 0 Å². The largest absolute Gasteiger partial charge is 0.381 e. The van der Waals surface area contributed by atoms with Crippen molar-refractivity contribution in [3.8, 4) is 0 Å². The van der Waals surface area contributed by atoms with Crippen LogP contribution in [0.25, 0.3) is 0 Å². The number of fused-ring (bicyclic) bond motifs is 1. The van der Waals surface area contributed by atoms with Gasteiger partial charge in [0.05, 0.1) is 0 Å². The normalized spacial score (nSPS) is 27.2. The van der Waals surface area contributed by atoms with Gasteiger partial charge in [0.2, 0.25) is 0 Å². The monoisotopic (exact) mass is 262 g/mol. The molecule has 2 aliphatic rings. The van der Waals surface area contributed by atoms with Crippen LogP contribution in [0.15, 0.2) is 12.3 Å². The first kappa shape index (κ1) is 13.2. The molecule has 1 aliphatic heterocycles. The highest BCUT2D eigenvalue weighted by Gasteiger charge is 2.32. The Kier molecular flexibility index (Phi) is 3.44. The van der Waals surface area contributed by atoms with E-state index in [0.29, 0.717) is 5.41 Å². The third-order valence-corrected chi connectivity index (χ3v) is 4.73. The van der Waals surface area contributed by atoms with Crippen LogP contribution in [0.1, 0.15) is 50.4 Å². The molecule has 1 atom stereocenters. The Labute approximate surface area is 116 Å². The van der Waals surface area contributed by atoms with Crippen LogP contribution in [-0.4, -0.2) is 17.8 Å². The summed E-state index contributed by atoms with van der Waals surface area (Å²) in [4.78, 5) is 0. The first-order valence-corrected chi connectivity index (χ1v) is 7.56. The van der Waals surface area contributed by atoms with Crippen LogP contribution in [0, 0.1) is 11.3 Å². The maximum absolute atomic E-state index is 6.34. The number of rotatable bonds is 2. The SMILES string of the molecule is CC1(C)Cc2c(ccn2CC2CCOCC2)C(N)C1. The highest BCUT2D eigenvalue weighted by atomic mass is 16.5. The Balaban J connectivity index is 1.80. The molecule has 19 heavy (non-hydrogen) atoms. The Morgan fingerprint density at radius 3 is 2.84 bits per heavy atom. The molecule has 2 N–H and O–H groups in total. The van der Waals surface area contributed by atoms with Crippen molar-refractivity contribution in [2.24, 2.45) is 17.1 Å². The van der Waals surface area contributed by atoms with Gasteiger partial charge in [0.15, 0.2) is 0 Å². The molecule has 0 bridgehead atoms. The molecule has 106 valence electrons. The molecular weight excluding hydrogens is 236 g/mol. The van der Waals surface area contributed by atoms with E-state index in [1.54, 1.807) is 0 Å². The van der Waals surface area contributed by atoms with E-state index >= 15 is 0 Å². The fraction of sp³-hybridized carbons (Fsp3) is 0.750. The number of ether oxygens (including phenoxy) is 1. The van der Waals surface area contributed by atoms with E-state index in [2.05, 4.69) is 30.7 Å². The molecule has 0 aromatic carbocycles. The summed E-state index contributed by atoms with van der Waals surface area (Å²) < 4.78 is 7.92. The summed E-state index contributed by atoms with van der Waals surface area (Å²) in [6.07, 6.45) is 6.90. The number of aromatic nitrogens is 1. The summed E-state index contributed by atoms with van der Waals surface area (Å²) in [7, 11) is 0. The van der Waals surface area contributed by atoms with Crippen molar-refractivity contribution < 1.29 is 4.74 Å². The van der Waals surface area contributed by atoms with Gasteiger partial charge < -0.3 is 15.0 Å². The second-order valence-electron chi connectivity index (χ2n) is 7.08. The molecule has 3 nitrogen and oxygen atoms in total. The topological polar surface area (TPSA) is 40.2 Å². The molecule has 3 heteroatoms. The highest BCUT2D eigenvalue weighted by molar-refractivity contribution is 5.30. The lowest BCUT2D eigenvalue weighted by Gasteiger charge is -2.35. The minimum absolute atomic E-state index is 0.217. The molecule has 3 rings (SSSR count). The van der Waals surface area contributed by atoms with E-state index in [0.717, 1.165) is 38.5 Å². The minimum Gasteiger partial charge on any atom is -0.381 e. The van der Waals surface area contributed by atoms with E-state index in [1.165, 1.54) is 24.1 Å². The Hall–Kier alpha value is -0.800. The molecule has 1 unspecified atom stereocenters. The van der Waals surface area contributed by atoms with Crippen molar-refractivity contribution in [3.05, 3.63) is 23.5 Å². The number of nitrogens with zero attached hydrogens (tertiary/aromatic N) is 1. The van der Waals surface area contributed by atoms with Crippen molar-refractivity contribution in [1.29, 1.82) is 0 Å². The van der Waals surface area contributed by atoms with Crippen molar-refractivity contribution >= 4 is 0 Å². The number of hydrogen-bond donors (Lipinski definition) is 1. The third-order valence-electron chi connectivity index (χ3n) is 4.73. The van der Waals surface area contributed by atoms with Crippen LogP contribution in [0.5, 0.6) is 0 Å². The zero-order valence-electron chi connectivity index (χ0n) is 12.2. The Morgan fingerprint density at radius 2 is 2.11 bits per heavy atom. The first-order chi connectivity index (χ1) is 9.05. The van der Waals surface area contributed by atoms with Crippen molar-refractivity contribution in [1.82, 2.24) is 4.57 Å². The van der Waals surface area contributed by atoms with E-state index in [9.17, 15) is 0 Å². The van der Waals surface area contributed by atoms with Gasteiger partial charge in [-0.3, -0.25) is 0 Å². The fourth-order valence-corrected chi connectivity index (χ4v) is 3.67. The van der Waals surface area contributed by atoms with Crippen LogP contribution >= 0.6 is 0 Å². The van der Waals surface area contributed by atoms with Crippen LogP contribution in [0.3, 0.4) is 0 Å². The zero-order valence-corrected chi connectivity index (χ0v) is 12.2. The predicted molar refractivity (Wildman–Crippen MR) is 77.0 cm³/mol. The summed E-state index contributed by atoms with van der Waals surface area (Å²) in [6.45, 7) is 7.67. The van der Waals surface area contributed by atoms with Gasteiger partial charge in [-0.25, -0.2) is 0 Å². The van der Waals surface area contributed by atoms with Gasteiger partial charge in [0.1, 0.15) is 0 Å². The maximum Gasteiger partial charge on any atom is 0.0469 e. The first-order valence-electron chi connectivity index (χ1n) is 7.56. The summed E-state index contributed by atoms with van der Waals surface area (Å²) in [6, 6.07) is 2.46. The average molecular weight is 262 g/mol. The van der Waals surface area contributed by atoms with E-state index in [4.69, 9.17) is 10.5 Å². The van der Waals surface area contributed by atoms with Crippen LogP contribution in [0.4, 0.5) is 0 Å². The zero-order chi connectivity index (χ0) is 13.5. The lowest BCUT2D eigenvalue weighted by atomic mass is 9.74. The van der Waals surface area contributed by atoms with Gasteiger partial charge in [-0.2, -0.15) is 0 Å². The second-order valence-corrected chi connectivity index (χ2v) is 7.08. The molecule has 1 fully saturated rings. The third kappa shape index (κ3) is 2.72. The van der Waals surface area contributed by atoms with E-state index in [1.807, 2.05) is 0 Å². The van der Waals surface area contributed by atoms with Crippen molar-refractivity contribution in [2.45, 2.75) is 52.1 Å². The molecule has 1 aromatic heterocycles. The molecular formula is C16H26N2O. The molecule has 0 spiro atoms. The van der Waals surface area contributed by atoms with Crippen molar-refractivity contribution in [2.75, 3.05) is 13.2 Å². The highest BCUT2D eigenvalue weighted by Crippen LogP contribution is 2.40. The molecule has 0 saturated carbocycles. The van der Waals surface area contributed by atoms with Crippen LogP contribution in [-0.2, 0) is 17.7 Å². The molecule has 1 aromatic rings. The Bertz CT molecular complexity index is 444. The van der Waals surface area contributed by atoms with Gasteiger partial charge in [0.25, 0.3) is 0 Å². The van der Waals surface area contributed by atoms with Crippen LogP contribution in [0.2, 0.25) is 0 Å². The summed E-state index contributed by atoms with van der Waals surface area (Å²) >= 11 is 0. The van der Waals surface area contributed by atoms with Gasteiger partial charge in [0, 0.05) is 37.7 Å². The second kappa shape index (κ2) is 4.95. The lowest BCUT2D eigenvalue weighted by Crippen LogP contribution is -2.31. The number of nitrogens with two attached hydrogens (primary N) is 1. The molecule has 1 saturated heterocycles. The Morgan fingerprint density at radius 1 is 1.37 bits per heavy atom. The standard InChI is InChI=1S/C16H26N2O/c1-16(2)9-14(17)13-3-6-18(15(13)10-16)11-12-4-7-19-8-5-12/h3,6,12,14H,4-5,7-11,17H2,1-2H3. The van der Waals surface area contributed by atoms with E-state index in [-0.39, 0.29) is 6.04 Å². The smallest absolute Gasteiger partial charge is 0.0469 e. The molecule has 0 radical (unpaired) electrons. The van der Waals surface area contributed by atoms with Gasteiger partial charge >= 0.3 is 0 Å². The van der Waals surface area contributed by atoms with Gasteiger partial charge in [-0.1, -0.05) is 13.8 Å². The number of hydrogen-bond acceptors (Lipinski definition) is 2. The maximum atomic E-state index is 6.34. The molecule has 1 aliphatic carbocycles. The van der Waals surface area contributed by atoms with E-state index < -0.39 is 0 Å². The predicted octanol–water partition coefficient (Wildman–Crippen LogP) is 2.89. The molecule has 0 amide bonds. The minimum atomic E-state index is 0.217. The van der Waals surface area contributed by atoms with Crippen molar-refractivity contribution in [3.63, 3.8) is 0 Å². The van der Waals surface area contributed by atoms with Crippen LogP contribution < -0.4 is 5.73 Å². The average Bonchev–Trinajstić information content (AvgIpc) is 2.72. The summed E-state index contributed by atoms with van der Waals surface area (Å²) in [5.41, 5.74) is 9.53. The summed E-state index contributed by atoms with van der Waals surface area (Å²) in [5, 5.41) is 0.